The molecule has 0 radical (unpaired) electrons. The Hall–Kier alpha value is -4.25. The molecule has 1 heterocycles. The van der Waals surface area contributed by atoms with E-state index >= 15 is 0 Å². The number of phenols is 1. The number of hydrogen-bond donors (Lipinski definition) is 5. The summed E-state index contributed by atoms with van der Waals surface area (Å²) in [4.78, 5) is 39.9. The summed E-state index contributed by atoms with van der Waals surface area (Å²) in [6, 6.07) is 23.1. The minimum atomic E-state index is -0.596. The van der Waals surface area contributed by atoms with Crippen molar-refractivity contribution >= 4 is 23.5 Å². The number of amides is 2. The summed E-state index contributed by atoms with van der Waals surface area (Å²) in [5, 5.41) is 18.8. The van der Waals surface area contributed by atoms with E-state index in [0.717, 1.165) is 61.9 Å². The van der Waals surface area contributed by atoms with Gasteiger partial charge < -0.3 is 31.1 Å². The van der Waals surface area contributed by atoms with Gasteiger partial charge in [-0.1, -0.05) is 67.1 Å². The topological polar surface area (TPSA) is 146 Å². The SMILES string of the molecule is C[C@H](N)C(=O)C(NCCCCCNC(=O)CCN1CCC(OC(=O)Nc2ccccc2-c2ccccc2)CC1)c1ccc(O)cc1. The molecule has 10 nitrogen and oxygen atoms in total. The van der Waals surface area contributed by atoms with Crippen molar-refractivity contribution in [2.75, 3.05) is 38.0 Å². The third-order valence-corrected chi connectivity index (χ3v) is 8.20. The predicted molar refractivity (Wildman–Crippen MR) is 180 cm³/mol. The van der Waals surface area contributed by atoms with Crippen molar-refractivity contribution in [3.63, 3.8) is 0 Å². The molecule has 3 aromatic rings. The van der Waals surface area contributed by atoms with Crippen LogP contribution in [0, 0.1) is 0 Å². The van der Waals surface area contributed by atoms with Gasteiger partial charge in [-0.15, -0.1) is 0 Å². The highest BCUT2D eigenvalue weighted by atomic mass is 16.6. The number of benzene rings is 3. The first-order valence-electron chi connectivity index (χ1n) is 16.2. The smallest absolute Gasteiger partial charge is 0.411 e. The third kappa shape index (κ3) is 11.0. The van der Waals surface area contributed by atoms with Crippen LogP contribution >= 0.6 is 0 Å². The van der Waals surface area contributed by atoms with Crippen molar-refractivity contribution in [2.24, 2.45) is 5.73 Å². The van der Waals surface area contributed by atoms with E-state index < -0.39 is 18.2 Å². The number of rotatable bonds is 16. The lowest BCUT2D eigenvalue weighted by molar-refractivity contribution is -0.122. The number of likely N-dealkylation sites (tertiary alicyclic amines) is 1. The Morgan fingerprint density at radius 3 is 2.30 bits per heavy atom. The van der Waals surface area contributed by atoms with E-state index in [9.17, 15) is 19.5 Å². The summed E-state index contributed by atoms with van der Waals surface area (Å²) in [6.07, 6.45) is 3.88. The number of piperidine rings is 1. The number of carbonyl (C=O) groups excluding carboxylic acids is 3. The Morgan fingerprint density at radius 2 is 1.59 bits per heavy atom. The van der Waals surface area contributed by atoms with Crippen molar-refractivity contribution in [3.8, 4) is 16.9 Å². The average Bonchev–Trinajstić information content (AvgIpc) is 3.06. The third-order valence-electron chi connectivity index (χ3n) is 8.20. The first-order valence-corrected chi connectivity index (χ1v) is 16.2. The maximum atomic E-state index is 12.7. The van der Waals surface area contributed by atoms with E-state index in [1.165, 1.54) is 0 Å². The molecule has 1 fully saturated rings. The highest BCUT2D eigenvalue weighted by Gasteiger charge is 2.24. The number of nitrogens with zero attached hydrogens (tertiary/aromatic N) is 1. The number of anilines is 1. The van der Waals surface area contributed by atoms with Crippen LogP contribution in [0.3, 0.4) is 0 Å². The summed E-state index contributed by atoms with van der Waals surface area (Å²) in [6.45, 7) is 5.14. The molecule has 1 saturated heterocycles. The number of hydrogen-bond acceptors (Lipinski definition) is 8. The van der Waals surface area contributed by atoms with Crippen LogP contribution in [0.2, 0.25) is 0 Å². The summed E-state index contributed by atoms with van der Waals surface area (Å²) in [5.74, 6) is 0.0828. The minimum absolute atomic E-state index is 0.0304. The van der Waals surface area contributed by atoms with Crippen LogP contribution < -0.4 is 21.7 Å². The molecule has 0 saturated carbocycles. The number of aromatic hydroxyl groups is 1. The average molecular weight is 630 g/mol. The molecule has 1 unspecified atom stereocenters. The molecule has 2 amide bonds. The molecule has 10 heteroatoms. The molecule has 0 bridgehead atoms. The number of nitrogens with one attached hydrogen (secondary N) is 3. The zero-order valence-corrected chi connectivity index (χ0v) is 26.6. The minimum Gasteiger partial charge on any atom is -0.508 e. The molecule has 6 N–H and O–H groups in total. The number of phenolic OH excluding ortho intramolecular Hbond substituents is 1. The molecule has 3 aromatic carbocycles. The summed E-state index contributed by atoms with van der Waals surface area (Å²) in [5.41, 5.74) is 9.29. The standard InChI is InChI=1S/C36H47N5O5/c1-26(37)35(44)34(28-14-16-29(42)17-15-28)39-22-9-3-8-21-38-33(43)20-25-41-23-18-30(19-24-41)46-36(45)40-32-13-7-6-12-31(32)27-10-4-2-5-11-27/h2,4-7,10-17,26,30,34,39,42H,3,8-9,18-25,37H2,1H3,(H,38,43)(H,40,45)/t26-,34?/m0/s1. The number of ketones is 1. The van der Waals surface area contributed by atoms with Gasteiger partial charge in [-0.05, 0) is 68.5 Å². The van der Waals surface area contributed by atoms with E-state index in [1.54, 1.807) is 31.2 Å². The van der Waals surface area contributed by atoms with Gasteiger partial charge in [-0.3, -0.25) is 14.9 Å². The maximum absolute atomic E-state index is 12.7. The largest absolute Gasteiger partial charge is 0.508 e. The first-order chi connectivity index (χ1) is 22.3. The van der Waals surface area contributed by atoms with E-state index in [-0.39, 0.29) is 23.5 Å². The van der Waals surface area contributed by atoms with Crippen LogP contribution in [0.15, 0.2) is 78.9 Å². The molecule has 246 valence electrons. The zero-order chi connectivity index (χ0) is 32.7. The molecule has 1 aliphatic rings. The van der Waals surface area contributed by atoms with Gasteiger partial charge in [0, 0.05) is 38.2 Å². The number of nitrogens with two attached hydrogens (primary N) is 1. The molecule has 2 atom stereocenters. The highest BCUT2D eigenvalue weighted by molar-refractivity contribution is 5.91. The van der Waals surface area contributed by atoms with E-state index in [1.807, 2.05) is 54.6 Å². The Morgan fingerprint density at radius 1 is 0.913 bits per heavy atom. The lowest BCUT2D eigenvalue weighted by Gasteiger charge is -2.31. The van der Waals surface area contributed by atoms with Gasteiger partial charge in [0.25, 0.3) is 0 Å². The second-order valence-electron chi connectivity index (χ2n) is 11.8. The lowest BCUT2D eigenvalue weighted by Crippen LogP contribution is -2.40. The maximum Gasteiger partial charge on any atom is 0.411 e. The Labute approximate surface area is 271 Å². The van der Waals surface area contributed by atoms with Crippen LogP contribution in [0.4, 0.5) is 10.5 Å². The van der Waals surface area contributed by atoms with Gasteiger partial charge >= 0.3 is 6.09 Å². The van der Waals surface area contributed by atoms with Crippen molar-refractivity contribution in [3.05, 3.63) is 84.4 Å². The second kappa shape index (κ2) is 18.0. The molecule has 1 aliphatic heterocycles. The van der Waals surface area contributed by atoms with E-state index in [4.69, 9.17) is 10.5 Å². The molecule has 0 spiro atoms. The fourth-order valence-corrected chi connectivity index (χ4v) is 5.56. The van der Waals surface area contributed by atoms with Crippen LogP contribution in [0.1, 0.15) is 57.1 Å². The number of carbonyl (C=O) groups is 3. The molecule has 0 aliphatic carbocycles. The van der Waals surface area contributed by atoms with Gasteiger partial charge in [0.2, 0.25) is 5.91 Å². The quantitative estimate of drug-likeness (QED) is 0.139. The van der Waals surface area contributed by atoms with Gasteiger partial charge in [0.1, 0.15) is 11.9 Å². The van der Waals surface area contributed by atoms with Gasteiger partial charge in [-0.2, -0.15) is 0 Å². The number of para-hydroxylation sites is 1. The van der Waals surface area contributed by atoms with Crippen molar-refractivity contribution in [2.45, 2.75) is 63.6 Å². The van der Waals surface area contributed by atoms with Gasteiger partial charge in [0.15, 0.2) is 5.78 Å². The molecular formula is C36H47N5O5. The first kappa shape index (κ1) is 34.6. The molecule has 4 rings (SSSR count). The predicted octanol–water partition coefficient (Wildman–Crippen LogP) is 5.00. The number of unbranched alkanes of at least 4 members (excludes halogenated alkanes) is 2. The lowest BCUT2D eigenvalue weighted by atomic mass is 9.98. The van der Waals surface area contributed by atoms with Crippen LogP contribution in [-0.2, 0) is 14.3 Å². The normalized spacial score (nSPS) is 15.1. The Bertz CT molecular complexity index is 1390. The Kier molecular flexibility index (Phi) is 13.6. The summed E-state index contributed by atoms with van der Waals surface area (Å²) in [7, 11) is 0. The van der Waals surface area contributed by atoms with E-state index in [0.29, 0.717) is 31.7 Å². The fourth-order valence-electron chi connectivity index (χ4n) is 5.56. The van der Waals surface area contributed by atoms with Crippen molar-refractivity contribution in [1.82, 2.24) is 15.5 Å². The Balaban J connectivity index is 1.06. The fraction of sp³-hybridized carbons (Fsp3) is 0.417. The monoisotopic (exact) mass is 629 g/mol. The van der Waals surface area contributed by atoms with Gasteiger partial charge in [0.05, 0.1) is 17.8 Å². The molecule has 0 aromatic heterocycles. The second-order valence-corrected chi connectivity index (χ2v) is 11.8. The van der Waals surface area contributed by atoms with Crippen LogP contribution in [0.5, 0.6) is 5.75 Å². The summed E-state index contributed by atoms with van der Waals surface area (Å²) < 4.78 is 5.72. The zero-order valence-electron chi connectivity index (χ0n) is 26.6. The molecular weight excluding hydrogens is 582 g/mol. The number of Topliss-reactive ketones (excluding diaryl/α,β-unsaturated/α-hetero) is 1. The molecule has 46 heavy (non-hydrogen) atoms. The highest BCUT2D eigenvalue weighted by Crippen LogP contribution is 2.28. The summed E-state index contributed by atoms with van der Waals surface area (Å²) >= 11 is 0. The van der Waals surface area contributed by atoms with E-state index in [2.05, 4.69) is 20.9 Å². The van der Waals surface area contributed by atoms with Crippen LogP contribution in [0.25, 0.3) is 11.1 Å². The van der Waals surface area contributed by atoms with Crippen molar-refractivity contribution < 1.29 is 24.2 Å². The number of ether oxygens (including phenoxy) is 1. The van der Waals surface area contributed by atoms with Crippen LogP contribution in [-0.4, -0.2) is 72.7 Å². The van der Waals surface area contributed by atoms with Crippen molar-refractivity contribution in [1.29, 1.82) is 0 Å². The van der Waals surface area contributed by atoms with Gasteiger partial charge in [-0.25, -0.2) is 4.79 Å².